The number of hydrogen-bond donors (Lipinski definition) is 1. The second-order valence-corrected chi connectivity index (χ2v) is 8.67. The Hall–Kier alpha value is -0.390. The van der Waals surface area contributed by atoms with Crippen molar-refractivity contribution in [3.63, 3.8) is 0 Å². The molecule has 4 nitrogen and oxygen atoms in total. The van der Waals surface area contributed by atoms with E-state index in [9.17, 15) is 13.6 Å². The highest BCUT2D eigenvalue weighted by Gasteiger charge is 2.48. The predicted octanol–water partition coefficient (Wildman–Crippen LogP) is 2.35. The minimum absolute atomic E-state index is 0.209. The molecule has 0 aliphatic carbocycles. The van der Waals surface area contributed by atoms with Crippen LogP contribution in [0.15, 0.2) is 11.5 Å². The zero-order valence-corrected chi connectivity index (χ0v) is 12.1. The molecule has 0 aromatic rings. The van der Waals surface area contributed by atoms with E-state index >= 15 is 0 Å². The Morgan fingerprint density at radius 2 is 1.59 bits per heavy atom. The lowest BCUT2D eigenvalue weighted by Crippen LogP contribution is -2.61. The number of nitrogens with zero attached hydrogens (tertiary/aromatic N) is 1. The summed E-state index contributed by atoms with van der Waals surface area (Å²) in [5.74, 6) is 0. The second kappa shape index (κ2) is 4.07. The van der Waals surface area contributed by atoms with Gasteiger partial charge in [0.1, 0.15) is 0 Å². The van der Waals surface area contributed by atoms with E-state index in [2.05, 4.69) is 6.58 Å². The van der Waals surface area contributed by atoms with Crippen LogP contribution in [0, 0.1) is 0 Å². The summed E-state index contributed by atoms with van der Waals surface area (Å²) in [6, 6.07) is 0. The van der Waals surface area contributed by atoms with Gasteiger partial charge in [0.25, 0.3) is 0 Å². The first kappa shape index (κ1) is 14.7. The Morgan fingerprint density at radius 1 is 1.24 bits per heavy atom. The van der Waals surface area contributed by atoms with Crippen LogP contribution in [0.2, 0.25) is 0 Å². The van der Waals surface area contributed by atoms with Gasteiger partial charge in [0.2, 0.25) is 0 Å². The third-order valence-corrected chi connectivity index (χ3v) is 5.71. The SMILES string of the molecule is C=C(C)S(=O)(=O)C1CC(C)(C)N(O)C(C)(C)C1. The second-order valence-electron chi connectivity index (χ2n) is 6.21. The fraction of sp³-hybridized carbons (Fsp3) is 0.833. The maximum absolute atomic E-state index is 12.2. The first-order chi connectivity index (χ1) is 7.41. The quantitative estimate of drug-likeness (QED) is 0.829. The summed E-state index contributed by atoms with van der Waals surface area (Å²) >= 11 is 0. The highest BCUT2D eigenvalue weighted by Crippen LogP contribution is 2.40. The van der Waals surface area contributed by atoms with Crippen molar-refractivity contribution in [3.8, 4) is 0 Å². The van der Waals surface area contributed by atoms with E-state index in [-0.39, 0.29) is 4.91 Å². The van der Waals surface area contributed by atoms with Crippen molar-refractivity contribution < 1.29 is 13.6 Å². The normalized spacial score (nSPS) is 25.8. The van der Waals surface area contributed by atoms with Gasteiger partial charge in [-0.05, 0) is 47.5 Å². The first-order valence-electron chi connectivity index (χ1n) is 5.80. The van der Waals surface area contributed by atoms with Crippen LogP contribution in [-0.2, 0) is 9.84 Å². The molecule has 0 aromatic carbocycles. The molecular formula is C12H23NO3S. The van der Waals surface area contributed by atoms with E-state index in [0.717, 1.165) is 0 Å². The molecule has 1 heterocycles. The number of allylic oxidation sites excluding steroid dienone is 1. The Bertz CT molecular complexity index is 405. The molecule has 1 aliphatic heterocycles. The summed E-state index contributed by atoms with van der Waals surface area (Å²) in [5, 5.41) is 10.9. The lowest BCUT2D eigenvalue weighted by atomic mass is 9.82. The molecule has 0 unspecified atom stereocenters. The minimum Gasteiger partial charge on any atom is -0.313 e. The van der Waals surface area contributed by atoms with Crippen LogP contribution in [0.1, 0.15) is 47.5 Å². The highest BCUT2D eigenvalue weighted by molar-refractivity contribution is 7.95. The fourth-order valence-electron chi connectivity index (χ4n) is 2.68. The van der Waals surface area contributed by atoms with Gasteiger partial charge < -0.3 is 5.21 Å². The maximum Gasteiger partial charge on any atom is 0.176 e. The largest absolute Gasteiger partial charge is 0.313 e. The zero-order chi connectivity index (χ0) is 13.6. The molecule has 0 saturated carbocycles. The van der Waals surface area contributed by atoms with Crippen LogP contribution in [0.5, 0.6) is 0 Å². The molecule has 0 radical (unpaired) electrons. The van der Waals surface area contributed by atoms with Crippen LogP contribution in [0.25, 0.3) is 0 Å². The van der Waals surface area contributed by atoms with Gasteiger partial charge in [-0.15, -0.1) is 0 Å². The summed E-state index contributed by atoms with van der Waals surface area (Å²) in [4.78, 5) is 0.209. The van der Waals surface area contributed by atoms with Crippen LogP contribution in [0.3, 0.4) is 0 Å². The minimum atomic E-state index is -3.30. The standard InChI is InChI=1S/C12H23NO3S/c1-9(2)17(15,16)10-7-11(3,4)13(14)12(5,6)8-10/h10,14H,1,7-8H2,2-6H3. The van der Waals surface area contributed by atoms with Gasteiger partial charge in [-0.1, -0.05) is 6.58 Å². The van der Waals surface area contributed by atoms with Gasteiger partial charge in [0, 0.05) is 16.0 Å². The molecule has 0 amide bonds. The molecule has 0 atom stereocenters. The van der Waals surface area contributed by atoms with Crippen molar-refractivity contribution in [2.75, 3.05) is 0 Å². The van der Waals surface area contributed by atoms with E-state index in [1.165, 1.54) is 12.0 Å². The lowest BCUT2D eigenvalue weighted by Gasteiger charge is -2.51. The summed E-state index contributed by atoms with van der Waals surface area (Å²) in [6.45, 7) is 12.5. The van der Waals surface area contributed by atoms with Gasteiger partial charge in [-0.3, -0.25) is 0 Å². The van der Waals surface area contributed by atoms with Crippen LogP contribution in [-0.4, -0.2) is 35.0 Å². The average Bonchev–Trinajstić information content (AvgIpc) is 2.12. The van der Waals surface area contributed by atoms with Crippen molar-refractivity contribution in [2.45, 2.75) is 63.8 Å². The van der Waals surface area contributed by atoms with E-state index in [0.29, 0.717) is 12.8 Å². The van der Waals surface area contributed by atoms with Crippen molar-refractivity contribution in [1.29, 1.82) is 0 Å². The van der Waals surface area contributed by atoms with Crippen LogP contribution < -0.4 is 0 Å². The van der Waals surface area contributed by atoms with E-state index in [1.807, 2.05) is 27.7 Å². The fourth-order valence-corrected chi connectivity index (χ4v) is 4.51. The molecule has 0 spiro atoms. The van der Waals surface area contributed by atoms with Crippen molar-refractivity contribution in [3.05, 3.63) is 11.5 Å². The summed E-state index contributed by atoms with van der Waals surface area (Å²) < 4.78 is 24.3. The van der Waals surface area contributed by atoms with Gasteiger partial charge in [0.15, 0.2) is 9.84 Å². The third kappa shape index (κ3) is 2.56. The maximum atomic E-state index is 12.2. The zero-order valence-electron chi connectivity index (χ0n) is 11.3. The number of hydroxylamine groups is 2. The number of rotatable bonds is 2. The monoisotopic (exact) mass is 261 g/mol. The number of hydrogen-bond acceptors (Lipinski definition) is 4. The first-order valence-corrected chi connectivity index (χ1v) is 7.34. The lowest BCUT2D eigenvalue weighted by molar-refractivity contribution is -0.240. The van der Waals surface area contributed by atoms with E-state index < -0.39 is 26.2 Å². The molecule has 17 heavy (non-hydrogen) atoms. The van der Waals surface area contributed by atoms with Crippen molar-refractivity contribution >= 4 is 9.84 Å². The molecule has 5 heteroatoms. The predicted molar refractivity (Wildman–Crippen MR) is 68.5 cm³/mol. The summed E-state index contributed by atoms with van der Waals surface area (Å²) in [5.41, 5.74) is -1.09. The Kier molecular flexibility index (Phi) is 3.51. The Balaban J connectivity index is 3.14. The van der Waals surface area contributed by atoms with Crippen molar-refractivity contribution in [2.24, 2.45) is 0 Å². The smallest absolute Gasteiger partial charge is 0.176 e. The molecular weight excluding hydrogens is 238 g/mol. The number of sulfone groups is 1. The van der Waals surface area contributed by atoms with Gasteiger partial charge >= 0.3 is 0 Å². The van der Waals surface area contributed by atoms with E-state index in [1.54, 1.807) is 0 Å². The Morgan fingerprint density at radius 3 is 1.88 bits per heavy atom. The average molecular weight is 261 g/mol. The molecule has 0 aromatic heterocycles. The number of piperidine rings is 1. The van der Waals surface area contributed by atoms with Crippen LogP contribution >= 0.6 is 0 Å². The van der Waals surface area contributed by atoms with Gasteiger partial charge in [-0.2, -0.15) is 5.06 Å². The molecule has 100 valence electrons. The van der Waals surface area contributed by atoms with Crippen molar-refractivity contribution in [1.82, 2.24) is 5.06 Å². The Labute approximate surface area is 104 Å². The highest BCUT2D eigenvalue weighted by atomic mass is 32.2. The molecule has 1 rings (SSSR count). The molecule has 0 bridgehead atoms. The van der Waals surface area contributed by atoms with Gasteiger partial charge in [-0.25, -0.2) is 8.42 Å². The topological polar surface area (TPSA) is 57.6 Å². The summed E-state index contributed by atoms with van der Waals surface area (Å²) in [6.07, 6.45) is 0.838. The van der Waals surface area contributed by atoms with E-state index in [4.69, 9.17) is 0 Å². The molecule has 1 saturated heterocycles. The molecule has 1 fully saturated rings. The third-order valence-electron chi connectivity index (χ3n) is 3.53. The summed E-state index contributed by atoms with van der Waals surface area (Å²) in [7, 11) is -3.30. The van der Waals surface area contributed by atoms with Crippen LogP contribution in [0.4, 0.5) is 0 Å². The molecule has 1 aliphatic rings. The molecule has 1 N–H and O–H groups in total. The van der Waals surface area contributed by atoms with Gasteiger partial charge in [0.05, 0.1) is 5.25 Å².